The number of rotatable bonds is 7. The van der Waals surface area contributed by atoms with E-state index in [1.807, 2.05) is 0 Å². The third-order valence-electron chi connectivity index (χ3n) is 7.29. The van der Waals surface area contributed by atoms with Crippen molar-refractivity contribution in [3.8, 4) is 0 Å². The summed E-state index contributed by atoms with van der Waals surface area (Å²) < 4.78 is 32.5. The molecule has 4 atom stereocenters. The highest BCUT2D eigenvalue weighted by molar-refractivity contribution is 7.89. The monoisotopic (exact) mass is 442 g/mol. The molecule has 4 saturated heterocycles. The maximum Gasteiger partial charge on any atom is 0.251 e. The number of sulfonamides is 1. The Morgan fingerprint density at radius 2 is 1.93 bits per heavy atom. The van der Waals surface area contributed by atoms with Gasteiger partial charge >= 0.3 is 0 Å². The first kappa shape index (κ1) is 22.0. The molecule has 170 valence electrons. The van der Waals surface area contributed by atoms with E-state index >= 15 is 0 Å². The number of carbonyl (C=O) groups is 2. The van der Waals surface area contributed by atoms with Crippen LogP contribution in [0.2, 0.25) is 0 Å². The number of ether oxygens (including phenoxy) is 1. The average molecular weight is 443 g/mol. The number of nitrogens with zero attached hydrogens (tertiary/aromatic N) is 2. The number of amides is 2. The molecule has 4 rings (SSSR count). The summed E-state index contributed by atoms with van der Waals surface area (Å²) in [4.78, 5) is 26.1. The molecule has 4 aliphatic rings. The molecule has 4 fully saturated rings. The van der Waals surface area contributed by atoms with Crippen molar-refractivity contribution in [2.75, 3.05) is 38.5 Å². The summed E-state index contributed by atoms with van der Waals surface area (Å²) in [5.74, 6) is 0.165. The molecule has 2 bridgehead atoms. The van der Waals surface area contributed by atoms with Crippen LogP contribution in [0.1, 0.15) is 51.4 Å². The molecule has 4 heterocycles. The number of primary amides is 1. The Morgan fingerprint density at radius 3 is 2.60 bits per heavy atom. The van der Waals surface area contributed by atoms with E-state index in [0.717, 1.165) is 38.5 Å². The molecule has 0 spiro atoms. The van der Waals surface area contributed by atoms with E-state index in [4.69, 9.17) is 10.5 Å². The first-order chi connectivity index (χ1) is 14.3. The molecule has 30 heavy (non-hydrogen) atoms. The molecular weight excluding hydrogens is 408 g/mol. The maximum atomic E-state index is 12.8. The number of piperazine rings is 1. The minimum atomic E-state index is -3.34. The molecule has 0 aromatic heterocycles. The van der Waals surface area contributed by atoms with Gasteiger partial charge in [0, 0.05) is 38.8 Å². The SMILES string of the molecule is NC(=O)[C@]12CC[C@H](CC(CCCS(=O)(=O)N3CCN(C(=O)[C@@H]4CCCO4)CC3)C1)N2. The first-order valence-corrected chi connectivity index (χ1v) is 12.9. The zero-order valence-electron chi connectivity index (χ0n) is 17.6. The van der Waals surface area contributed by atoms with E-state index in [1.165, 1.54) is 4.31 Å². The van der Waals surface area contributed by atoms with Crippen molar-refractivity contribution in [1.29, 1.82) is 0 Å². The quantitative estimate of drug-likeness (QED) is 0.563. The van der Waals surface area contributed by atoms with Gasteiger partial charge in [0.05, 0.1) is 11.3 Å². The largest absolute Gasteiger partial charge is 0.368 e. The second-order valence-corrected chi connectivity index (χ2v) is 11.4. The average Bonchev–Trinajstić information content (AvgIpc) is 3.36. The van der Waals surface area contributed by atoms with E-state index in [1.54, 1.807) is 4.90 Å². The molecule has 10 heteroatoms. The van der Waals surface area contributed by atoms with Gasteiger partial charge in [-0.1, -0.05) is 0 Å². The van der Waals surface area contributed by atoms with Crippen LogP contribution in [-0.4, -0.2) is 85.7 Å². The van der Waals surface area contributed by atoms with Crippen molar-refractivity contribution in [1.82, 2.24) is 14.5 Å². The predicted molar refractivity (Wildman–Crippen MR) is 111 cm³/mol. The Balaban J connectivity index is 1.22. The van der Waals surface area contributed by atoms with Crippen LogP contribution in [0.4, 0.5) is 0 Å². The van der Waals surface area contributed by atoms with Crippen LogP contribution in [-0.2, 0) is 24.3 Å². The van der Waals surface area contributed by atoms with Gasteiger partial charge in [0.2, 0.25) is 15.9 Å². The lowest BCUT2D eigenvalue weighted by molar-refractivity contribution is -0.142. The number of hydrogen-bond donors (Lipinski definition) is 2. The number of fused-ring (bicyclic) bond motifs is 2. The number of carbonyl (C=O) groups excluding carboxylic acids is 2. The normalized spacial score (nSPS) is 34.9. The lowest BCUT2D eigenvalue weighted by Gasteiger charge is -2.37. The van der Waals surface area contributed by atoms with Crippen LogP contribution in [0.25, 0.3) is 0 Å². The fraction of sp³-hybridized carbons (Fsp3) is 0.900. The zero-order chi connectivity index (χ0) is 21.4. The second kappa shape index (κ2) is 8.72. The van der Waals surface area contributed by atoms with Gasteiger partial charge in [0.15, 0.2) is 0 Å². The molecule has 9 nitrogen and oxygen atoms in total. The molecule has 0 aromatic carbocycles. The second-order valence-electron chi connectivity index (χ2n) is 9.32. The van der Waals surface area contributed by atoms with E-state index in [-0.39, 0.29) is 23.7 Å². The van der Waals surface area contributed by atoms with E-state index in [0.29, 0.717) is 57.6 Å². The molecule has 4 aliphatic heterocycles. The van der Waals surface area contributed by atoms with Gasteiger partial charge < -0.3 is 20.7 Å². The van der Waals surface area contributed by atoms with Crippen molar-refractivity contribution in [2.24, 2.45) is 11.7 Å². The fourth-order valence-electron chi connectivity index (χ4n) is 5.63. The lowest BCUT2D eigenvalue weighted by Crippen LogP contribution is -2.57. The lowest BCUT2D eigenvalue weighted by atomic mass is 9.81. The minimum absolute atomic E-state index is 0.00605. The Labute approximate surface area is 178 Å². The Hall–Kier alpha value is -1.23. The number of piperidine rings is 1. The van der Waals surface area contributed by atoms with Crippen LogP contribution >= 0.6 is 0 Å². The fourth-order valence-corrected chi connectivity index (χ4v) is 7.14. The third kappa shape index (κ3) is 4.51. The van der Waals surface area contributed by atoms with Crippen molar-refractivity contribution < 1.29 is 22.7 Å². The summed E-state index contributed by atoms with van der Waals surface area (Å²) in [6, 6.07) is 0.322. The van der Waals surface area contributed by atoms with Gasteiger partial charge in [-0.25, -0.2) is 8.42 Å². The summed E-state index contributed by atoms with van der Waals surface area (Å²) in [5, 5.41) is 3.38. The van der Waals surface area contributed by atoms with Crippen LogP contribution in [0, 0.1) is 5.92 Å². The molecule has 3 N–H and O–H groups in total. The predicted octanol–water partition coefficient (Wildman–Crippen LogP) is -0.194. The molecule has 0 saturated carbocycles. The smallest absolute Gasteiger partial charge is 0.251 e. The number of nitrogens with one attached hydrogen (secondary N) is 1. The summed E-state index contributed by atoms with van der Waals surface area (Å²) in [6.45, 7) is 2.18. The van der Waals surface area contributed by atoms with E-state index < -0.39 is 15.6 Å². The van der Waals surface area contributed by atoms with Crippen LogP contribution < -0.4 is 11.1 Å². The van der Waals surface area contributed by atoms with Crippen molar-refractivity contribution in [3.63, 3.8) is 0 Å². The molecule has 2 amide bonds. The highest BCUT2D eigenvalue weighted by Gasteiger charge is 2.48. The van der Waals surface area contributed by atoms with Gasteiger partial charge in [0.25, 0.3) is 5.91 Å². The molecular formula is C20H34N4O5S. The van der Waals surface area contributed by atoms with Gasteiger partial charge in [-0.05, 0) is 57.3 Å². The number of nitrogens with two attached hydrogens (primary N) is 1. The Bertz CT molecular complexity index is 761. The molecule has 0 aromatic rings. The van der Waals surface area contributed by atoms with Gasteiger partial charge in [0.1, 0.15) is 6.10 Å². The standard InChI is InChI=1S/C20H34N4O5S/c21-19(26)20-6-5-16(22-20)13-15(14-20)3-2-12-30(27,28)24-9-7-23(8-10-24)18(25)17-4-1-11-29-17/h15-17,22H,1-14H2,(H2,21,26)/t15?,16-,17+,20+/m1/s1. The van der Waals surface area contributed by atoms with Crippen molar-refractivity contribution in [2.45, 2.75) is 69.1 Å². The Kier molecular flexibility index (Phi) is 6.39. The van der Waals surface area contributed by atoms with E-state index in [9.17, 15) is 18.0 Å². The van der Waals surface area contributed by atoms with Crippen molar-refractivity contribution >= 4 is 21.8 Å². The molecule has 0 radical (unpaired) electrons. The minimum Gasteiger partial charge on any atom is -0.368 e. The highest BCUT2D eigenvalue weighted by Crippen LogP contribution is 2.40. The van der Waals surface area contributed by atoms with Crippen molar-refractivity contribution in [3.05, 3.63) is 0 Å². The third-order valence-corrected chi connectivity index (χ3v) is 9.25. The molecule has 0 aliphatic carbocycles. The summed E-state index contributed by atoms with van der Waals surface area (Å²) >= 11 is 0. The summed E-state index contributed by atoms with van der Waals surface area (Å²) in [7, 11) is -3.34. The summed E-state index contributed by atoms with van der Waals surface area (Å²) in [5.41, 5.74) is 5.04. The summed E-state index contributed by atoms with van der Waals surface area (Å²) in [6.07, 6.45) is 6.14. The molecule has 1 unspecified atom stereocenters. The maximum absolute atomic E-state index is 12.8. The van der Waals surface area contributed by atoms with Gasteiger partial charge in [-0.15, -0.1) is 0 Å². The van der Waals surface area contributed by atoms with Crippen LogP contribution in [0.3, 0.4) is 0 Å². The number of hydrogen-bond acceptors (Lipinski definition) is 6. The van der Waals surface area contributed by atoms with Crippen LogP contribution in [0.5, 0.6) is 0 Å². The van der Waals surface area contributed by atoms with Gasteiger partial charge in [-0.3, -0.25) is 9.59 Å². The van der Waals surface area contributed by atoms with Gasteiger partial charge in [-0.2, -0.15) is 4.31 Å². The highest BCUT2D eigenvalue weighted by atomic mass is 32.2. The van der Waals surface area contributed by atoms with E-state index in [2.05, 4.69) is 5.32 Å². The topological polar surface area (TPSA) is 122 Å². The van der Waals surface area contributed by atoms with Crippen LogP contribution in [0.15, 0.2) is 0 Å². The Morgan fingerprint density at radius 1 is 1.17 bits per heavy atom. The zero-order valence-corrected chi connectivity index (χ0v) is 18.4. The first-order valence-electron chi connectivity index (χ1n) is 11.2.